The minimum Gasteiger partial charge on any atom is -0.369 e. The summed E-state index contributed by atoms with van der Waals surface area (Å²) in [6.45, 7) is 3.01. The number of rotatable bonds is 2. The van der Waals surface area contributed by atoms with Crippen LogP contribution < -0.4 is 10.6 Å². The van der Waals surface area contributed by atoms with Crippen LogP contribution >= 0.6 is 23.2 Å². The van der Waals surface area contributed by atoms with E-state index in [9.17, 15) is 4.79 Å². The fraction of sp³-hybridized carbons (Fsp3) is 0.500. The van der Waals surface area contributed by atoms with Gasteiger partial charge in [-0.25, -0.2) is 4.98 Å². The van der Waals surface area contributed by atoms with Gasteiger partial charge in [0, 0.05) is 13.1 Å². The average Bonchev–Trinajstić information content (AvgIpc) is 2.66. The van der Waals surface area contributed by atoms with Gasteiger partial charge in [-0.15, -0.1) is 0 Å². The van der Waals surface area contributed by atoms with Crippen LogP contribution in [-0.4, -0.2) is 29.0 Å². The standard InChI is InChI=1S/C10H12Cl2N4O/c1-10(8(13)17)2-3-16(5-10)7-6(11)4-14-9(12)15-7/h4H,2-3,5H2,1H3,(H2,13,17). The number of hydrogen-bond donors (Lipinski definition) is 1. The minimum atomic E-state index is -0.541. The molecule has 1 atom stereocenters. The van der Waals surface area contributed by atoms with E-state index in [4.69, 9.17) is 28.9 Å². The van der Waals surface area contributed by atoms with Gasteiger partial charge in [0.1, 0.15) is 5.02 Å². The third kappa shape index (κ3) is 2.30. The normalized spacial score (nSPS) is 24.1. The van der Waals surface area contributed by atoms with Crippen LogP contribution in [0.3, 0.4) is 0 Å². The zero-order chi connectivity index (χ0) is 12.6. The highest BCUT2D eigenvalue weighted by Gasteiger charge is 2.39. The smallest absolute Gasteiger partial charge is 0.225 e. The molecular weight excluding hydrogens is 263 g/mol. The van der Waals surface area contributed by atoms with Gasteiger partial charge in [0.25, 0.3) is 0 Å². The number of nitrogens with zero attached hydrogens (tertiary/aromatic N) is 3. The first-order valence-electron chi connectivity index (χ1n) is 5.15. The van der Waals surface area contributed by atoms with Gasteiger partial charge in [0.05, 0.1) is 11.6 Å². The Kier molecular flexibility index (Phi) is 3.14. The van der Waals surface area contributed by atoms with Gasteiger partial charge in [-0.3, -0.25) is 4.79 Å². The predicted molar refractivity (Wildman–Crippen MR) is 66.2 cm³/mol. The van der Waals surface area contributed by atoms with Crippen molar-refractivity contribution in [3.05, 3.63) is 16.5 Å². The number of aromatic nitrogens is 2. The van der Waals surface area contributed by atoms with E-state index in [1.165, 1.54) is 6.20 Å². The van der Waals surface area contributed by atoms with E-state index in [-0.39, 0.29) is 11.2 Å². The molecule has 2 heterocycles. The maximum atomic E-state index is 11.4. The average molecular weight is 275 g/mol. The zero-order valence-electron chi connectivity index (χ0n) is 9.28. The van der Waals surface area contributed by atoms with E-state index in [0.717, 1.165) is 0 Å². The van der Waals surface area contributed by atoms with Crippen molar-refractivity contribution in [1.82, 2.24) is 9.97 Å². The molecule has 1 saturated heterocycles. The SMILES string of the molecule is CC1(C(N)=O)CCN(c2nc(Cl)ncc2Cl)C1. The Hall–Kier alpha value is -1.07. The van der Waals surface area contributed by atoms with Crippen LogP contribution in [0.5, 0.6) is 0 Å². The van der Waals surface area contributed by atoms with Crippen molar-refractivity contribution < 1.29 is 4.79 Å². The van der Waals surface area contributed by atoms with Crippen molar-refractivity contribution in [2.45, 2.75) is 13.3 Å². The summed E-state index contributed by atoms with van der Waals surface area (Å²) >= 11 is 11.7. The summed E-state index contributed by atoms with van der Waals surface area (Å²) in [6, 6.07) is 0. The lowest BCUT2D eigenvalue weighted by Gasteiger charge is -2.22. The molecule has 0 bridgehead atoms. The lowest BCUT2D eigenvalue weighted by atomic mass is 9.89. The van der Waals surface area contributed by atoms with E-state index in [1.807, 2.05) is 11.8 Å². The molecule has 5 nitrogen and oxygen atoms in total. The molecule has 1 aromatic heterocycles. The largest absolute Gasteiger partial charge is 0.369 e. The first-order valence-corrected chi connectivity index (χ1v) is 5.91. The van der Waals surface area contributed by atoms with Crippen LogP contribution in [0, 0.1) is 5.41 Å². The van der Waals surface area contributed by atoms with Crippen LogP contribution in [0.1, 0.15) is 13.3 Å². The maximum absolute atomic E-state index is 11.4. The number of carbonyl (C=O) groups is 1. The summed E-state index contributed by atoms with van der Waals surface area (Å²) in [5.41, 5.74) is 4.84. The van der Waals surface area contributed by atoms with Crippen molar-refractivity contribution in [1.29, 1.82) is 0 Å². The number of amides is 1. The van der Waals surface area contributed by atoms with E-state index in [2.05, 4.69) is 9.97 Å². The summed E-state index contributed by atoms with van der Waals surface area (Å²) < 4.78 is 0. The molecule has 1 aliphatic heterocycles. The van der Waals surface area contributed by atoms with Crippen LogP contribution in [0.25, 0.3) is 0 Å². The summed E-state index contributed by atoms with van der Waals surface area (Å²) in [4.78, 5) is 21.1. The van der Waals surface area contributed by atoms with E-state index in [1.54, 1.807) is 0 Å². The summed E-state index contributed by atoms with van der Waals surface area (Å²) in [5.74, 6) is 0.243. The molecule has 2 rings (SSSR count). The zero-order valence-corrected chi connectivity index (χ0v) is 10.8. The molecule has 0 radical (unpaired) electrons. The molecule has 2 N–H and O–H groups in total. The third-order valence-electron chi connectivity index (χ3n) is 3.06. The molecule has 1 fully saturated rings. The van der Waals surface area contributed by atoms with E-state index >= 15 is 0 Å². The third-order valence-corrected chi connectivity index (χ3v) is 3.51. The first kappa shape index (κ1) is 12.4. The fourth-order valence-corrected chi connectivity index (χ4v) is 2.24. The molecule has 7 heteroatoms. The van der Waals surface area contributed by atoms with E-state index < -0.39 is 5.41 Å². The number of nitrogens with two attached hydrogens (primary N) is 1. The molecule has 17 heavy (non-hydrogen) atoms. The van der Waals surface area contributed by atoms with Gasteiger partial charge in [0.2, 0.25) is 11.2 Å². The van der Waals surface area contributed by atoms with Gasteiger partial charge in [-0.05, 0) is 24.9 Å². The number of halogens is 2. The second-order valence-electron chi connectivity index (χ2n) is 4.41. The molecule has 1 unspecified atom stereocenters. The summed E-state index contributed by atoms with van der Waals surface area (Å²) in [5, 5.41) is 0.556. The van der Waals surface area contributed by atoms with Crippen molar-refractivity contribution in [2.75, 3.05) is 18.0 Å². The van der Waals surface area contributed by atoms with Crippen LogP contribution in [0.2, 0.25) is 10.3 Å². The molecule has 0 spiro atoms. The van der Waals surface area contributed by atoms with Crippen molar-refractivity contribution in [2.24, 2.45) is 11.1 Å². The van der Waals surface area contributed by atoms with Gasteiger partial charge >= 0.3 is 0 Å². The maximum Gasteiger partial charge on any atom is 0.225 e. The van der Waals surface area contributed by atoms with Crippen LogP contribution in [-0.2, 0) is 4.79 Å². The topological polar surface area (TPSA) is 72.1 Å². The monoisotopic (exact) mass is 274 g/mol. The fourth-order valence-electron chi connectivity index (χ4n) is 1.90. The highest BCUT2D eigenvalue weighted by molar-refractivity contribution is 6.33. The Morgan fingerprint density at radius 2 is 2.29 bits per heavy atom. The molecule has 1 aromatic rings. The van der Waals surface area contributed by atoms with Crippen molar-refractivity contribution >= 4 is 34.9 Å². The summed E-state index contributed by atoms with van der Waals surface area (Å²) in [6.07, 6.45) is 2.13. The van der Waals surface area contributed by atoms with Crippen molar-refractivity contribution in [3.8, 4) is 0 Å². The molecule has 0 aromatic carbocycles. The number of carbonyl (C=O) groups excluding carboxylic acids is 1. The molecule has 1 amide bonds. The Bertz CT molecular complexity index is 468. The lowest BCUT2D eigenvalue weighted by molar-refractivity contribution is -0.125. The highest BCUT2D eigenvalue weighted by atomic mass is 35.5. The Morgan fingerprint density at radius 1 is 1.59 bits per heavy atom. The first-order chi connectivity index (χ1) is 7.92. The molecule has 0 saturated carbocycles. The minimum absolute atomic E-state index is 0.136. The van der Waals surface area contributed by atoms with Crippen LogP contribution in [0.4, 0.5) is 5.82 Å². The molecule has 0 aliphatic carbocycles. The summed E-state index contributed by atoms with van der Waals surface area (Å²) in [7, 11) is 0. The van der Waals surface area contributed by atoms with Gasteiger partial charge in [0.15, 0.2) is 5.82 Å². The number of hydrogen-bond acceptors (Lipinski definition) is 4. The predicted octanol–water partition coefficient (Wildman–Crippen LogP) is 1.49. The van der Waals surface area contributed by atoms with Gasteiger partial charge < -0.3 is 10.6 Å². The lowest BCUT2D eigenvalue weighted by Crippen LogP contribution is -2.37. The molecular formula is C10H12Cl2N4O. The second kappa shape index (κ2) is 4.31. The van der Waals surface area contributed by atoms with E-state index in [0.29, 0.717) is 30.4 Å². The second-order valence-corrected chi connectivity index (χ2v) is 5.15. The molecule has 92 valence electrons. The number of primary amides is 1. The highest BCUT2D eigenvalue weighted by Crippen LogP contribution is 2.35. The van der Waals surface area contributed by atoms with Gasteiger partial charge in [-0.2, -0.15) is 4.98 Å². The quantitative estimate of drug-likeness (QED) is 0.830. The Morgan fingerprint density at radius 3 is 2.88 bits per heavy atom. The van der Waals surface area contributed by atoms with Crippen LogP contribution in [0.15, 0.2) is 6.20 Å². The Balaban J connectivity index is 2.26. The van der Waals surface area contributed by atoms with Gasteiger partial charge in [-0.1, -0.05) is 11.6 Å². The Labute approximate surface area is 109 Å². The van der Waals surface area contributed by atoms with Crippen molar-refractivity contribution in [3.63, 3.8) is 0 Å². The molecule has 1 aliphatic rings. The number of anilines is 1.